The predicted molar refractivity (Wildman–Crippen MR) is 242 cm³/mol. The van der Waals surface area contributed by atoms with Crippen LogP contribution in [0.2, 0.25) is 0 Å². The molecule has 0 spiro atoms. The van der Waals surface area contributed by atoms with Crippen molar-refractivity contribution in [3.8, 4) is 39.4 Å². The van der Waals surface area contributed by atoms with Crippen molar-refractivity contribution in [2.24, 2.45) is 0 Å². The zero-order valence-corrected chi connectivity index (χ0v) is 31.7. The molecule has 0 saturated heterocycles. The van der Waals surface area contributed by atoms with E-state index in [9.17, 15) is 5.26 Å². The first kappa shape index (κ1) is 34.6. The van der Waals surface area contributed by atoms with Gasteiger partial charge in [0, 0.05) is 21.7 Å². The molecule has 58 heavy (non-hydrogen) atoms. The van der Waals surface area contributed by atoms with Gasteiger partial charge in [-0.3, -0.25) is 0 Å². The lowest BCUT2D eigenvalue weighted by molar-refractivity contribution is 1.48. The summed E-state index contributed by atoms with van der Waals surface area (Å²) >= 11 is 0. The lowest BCUT2D eigenvalue weighted by atomic mass is 9.84. The van der Waals surface area contributed by atoms with Crippen LogP contribution in [-0.4, -0.2) is 4.98 Å². The van der Waals surface area contributed by atoms with E-state index in [1.165, 1.54) is 5.57 Å². The van der Waals surface area contributed by atoms with Crippen LogP contribution in [0.5, 0.6) is 0 Å². The van der Waals surface area contributed by atoms with Crippen molar-refractivity contribution < 1.29 is 0 Å². The summed E-state index contributed by atoms with van der Waals surface area (Å²) in [5.74, 6) is 0. The highest BCUT2D eigenvalue weighted by atomic mass is 14.7. The van der Waals surface area contributed by atoms with E-state index in [0.29, 0.717) is 5.56 Å². The number of aromatic nitrogens is 1. The van der Waals surface area contributed by atoms with Gasteiger partial charge in [0.05, 0.1) is 22.7 Å². The number of hydrogen-bond acceptors (Lipinski definition) is 2. The summed E-state index contributed by atoms with van der Waals surface area (Å²) in [5.41, 5.74) is 15.9. The third kappa shape index (κ3) is 6.41. The van der Waals surface area contributed by atoms with Gasteiger partial charge in [-0.05, 0) is 109 Å². The summed E-state index contributed by atoms with van der Waals surface area (Å²) in [6.07, 6.45) is 0. The quantitative estimate of drug-likeness (QED) is 0.0928. The first-order valence-electron chi connectivity index (χ1n) is 19.6. The molecule has 0 aliphatic carbocycles. The molecule has 1 aromatic heterocycles. The first-order chi connectivity index (χ1) is 28.7. The Bertz CT molecular complexity index is 3170. The second kappa shape index (κ2) is 15.0. The summed E-state index contributed by atoms with van der Waals surface area (Å²) in [5, 5.41) is 14.4. The molecule has 0 N–H and O–H groups in total. The van der Waals surface area contributed by atoms with Crippen LogP contribution >= 0.6 is 0 Å². The summed E-state index contributed by atoms with van der Waals surface area (Å²) in [7, 11) is 0. The molecule has 0 atom stereocenters. The molecule has 0 unspecified atom stereocenters. The van der Waals surface area contributed by atoms with Crippen molar-refractivity contribution in [1.29, 1.82) is 5.26 Å². The third-order valence-electron chi connectivity index (χ3n) is 11.0. The molecular weight excluding hydrogens is 701 g/mol. The molecule has 10 rings (SSSR count). The van der Waals surface area contributed by atoms with Gasteiger partial charge < -0.3 is 0 Å². The molecule has 0 radical (unpaired) electrons. The molecule has 0 amide bonds. The van der Waals surface area contributed by atoms with E-state index in [0.717, 1.165) is 93.8 Å². The lowest BCUT2D eigenvalue weighted by Crippen LogP contribution is -1.98. The number of fused-ring (bicyclic) bond motifs is 4. The Labute approximate surface area is 338 Å². The molecule has 0 fully saturated rings. The highest BCUT2D eigenvalue weighted by Gasteiger charge is 2.19. The molecule has 270 valence electrons. The minimum atomic E-state index is 0.629. The summed E-state index contributed by atoms with van der Waals surface area (Å²) in [4.78, 5) is 5.26. The molecule has 0 aliphatic rings. The second-order valence-electron chi connectivity index (χ2n) is 14.6. The van der Waals surface area contributed by atoms with Crippen molar-refractivity contribution in [2.45, 2.75) is 0 Å². The molecule has 0 saturated carbocycles. The highest BCUT2D eigenvalue weighted by molar-refractivity contribution is 6.17. The van der Waals surface area contributed by atoms with Crippen molar-refractivity contribution in [2.75, 3.05) is 0 Å². The number of benzene rings is 9. The van der Waals surface area contributed by atoms with E-state index in [1.807, 2.05) is 18.2 Å². The molecule has 2 heteroatoms. The van der Waals surface area contributed by atoms with Gasteiger partial charge in [-0.15, -0.1) is 0 Å². The van der Waals surface area contributed by atoms with Gasteiger partial charge in [-0.25, -0.2) is 4.98 Å². The minimum absolute atomic E-state index is 0.629. The van der Waals surface area contributed by atoms with E-state index in [1.54, 1.807) is 0 Å². The summed E-state index contributed by atoms with van der Waals surface area (Å²) in [6.45, 7) is 0. The average Bonchev–Trinajstić information content (AvgIpc) is 3.30. The normalized spacial score (nSPS) is 11.1. The van der Waals surface area contributed by atoms with Crippen molar-refractivity contribution in [3.05, 3.63) is 246 Å². The van der Waals surface area contributed by atoms with Crippen LogP contribution in [0.25, 0.3) is 77.1 Å². The molecule has 1 heterocycles. The maximum absolute atomic E-state index is 9.92. The Balaban J connectivity index is 1.26. The van der Waals surface area contributed by atoms with Gasteiger partial charge in [0.1, 0.15) is 0 Å². The molecule has 0 bridgehead atoms. The topological polar surface area (TPSA) is 36.7 Å². The van der Waals surface area contributed by atoms with E-state index >= 15 is 0 Å². The molecule has 9 aromatic carbocycles. The van der Waals surface area contributed by atoms with Gasteiger partial charge in [-0.2, -0.15) is 5.26 Å². The Morgan fingerprint density at radius 1 is 0.362 bits per heavy atom. The van der Waals surface area contributed by atoms with E-state index < -0.39 is 0 Å². The van der Waals surface area contributed by atoms with Crippen LogP contribution in [0, 0.1) is 11.3 Å². The average molecular weight is 737 g/mol. The number of rotatable bonds is 7. The smallest absolute Gasteiger partial charge is 0.0991 e. The number of nitriles is 1. The monoisotopic (exact) mass is 736 g/mol. The Morgan fingerprint density at radius 3 is 1.53 bits per heavy atom. The van der Waals surface area contributed by atoms with Crippen molar-refractivity contribution >= 4 is 43.7 Å². The van der Waals surface area contributed by atoms with Crippen LogP contribution in [0.15, 0.2) is 218 Å². The maximum Gasteiger partial charge on any atom is 0.0991 e. The minimum Gasteiger partial charge on any atom is -0.247 e. The van der Waals surface area contributed by atoms with E-state index in [-0.39, 0.29) is 0 Å². The third-order valence-corrected chi connectivity index (χ3v) is 11.0. The largest absolute Gasteiger partial charge is 0.247 e. The van der Waals surface area contributed by atoms with Crippen LogP contribution in [0.1, 0.15) is 27.8 Å². The Kier molecular flexibility index (Phi) is 8.95. The van der Waals surface area contributed by atoms with E-state index in [2.05, 4.69) is 206 Å². The van der Waals surface area contributed by atoms with Crippen LogP contribution in [-0.2, 0) is 0 Å². The number of pyridine rings is 1. The zero-order valence-electron chi connectivity index (χ0n) is 31.7. The van der Waals surface area contributed by atoms with Gasteiger partial charge in [0.15, 0.2) is 0 Å². The predicted octanol–water partition coefficient (Wildman–Crippen LogP) is 14.4. The second-order valence-corrected chi connectivity index (χ2v) is 14.6. The molecule has 2 nitrogen and oxygen atoms in total. The SMILES string of the molecule is N#Cc1cccc(-c2cc(-c3cccc(C(=C(c4ccccc4)c4ccccc4)c4ccccc4)c3)cc(-c3c4ccccc4nc4c3ccc3ccccc34)c2)c1. The van der Waals surface area contributed by atoms with Crippen LogP contribution < -0.4 is 0 Å². The van der Waals surface area contributed by atoms with Crippen molar-refractivity contribution in [1.82, 2.24) is 4.98 Å². The van der Waals surface area contributed by atoms with Crippen LogP contribution in [0.4, 0.5) is 0 Å². The maximum atomic E-state index is 9.92. The summed E-state index contributed by atoms with van der Waals surface area (Å²) in [6, 6.07) is 79.6. The molecule has 0 aliphatic heterocycles. The zero-order chi connectivity index (χ0) is 38.8. The van der Waals surface area contributed by atoms with Crippen molar-refractivity contribution in [3.63, 3.8) is 0 Å². The standard InChI is InChI=1S/C56H36N2/c57-37-38-16-14-24-43(32-38)46-34-47(36-48(35-46)55-50-28-12-13-29-52(50)58-56-49-27-11-10-17-39(49)30-31-51(55)56)44-25-15-26-45(33-44)54(42-22-8-3-9-23-42)53(40-18-4-1-5-19-40)41-20-6-2-7-21-41/h1-36H. The fourth-order valence-corrected chi connectivity index (χ4v) is 8.39. The molecular formula is C56H36N2. The van der Waals surface area contributed by atoms with E-state index in [4.69, 9.17) is 4.98 Å². The highest BCUT2D eigenvalue weighted by Crippen LogP contribution is 2.43. The van der Waals surface area contributed by atoms with Crippen LogP contribution in [0.3, 0.4) is 0 Å². The fourth-order valence-electron chi connectivity index (χ4n) is 8.39. The number of hydrogen-bond donors (Lipinski definition) is 0. The Hall–Kier alpha value is -7.86. The number of para-hydroxylation sites is 1. The number of nitrogens with zero attached hydrogens (tertiary/aromatic N) is 2. The lowest BCUT2D eigenvalue weighted by Gasteiger charge is -2.19. The molecule has 10 aromatic rings. The van der Waals surface area contributed by atoms with Gasteiger partial charge in [0.25, 0.3) is 0 Å². The van der Waals surface area contributed by atoms with Gasteiger partial charge in [0.2, 0.25) is 0 Å². The fraction of sp³-hybridized carbons (Fsp3) is 0. The van der Waals surface area contributed by atoms with Gasteiger partial charge in [-0.1, -0.05) is 176 Å². The summed E-state index contributed by atoms with van der Waals surface area (Å²) < 4.78 is 0. The Morgan fingerprint density at radius 2 is 0.879 bits per heavy atom. The first-order valence-corrected chi connectivity index (χ1v) is 19.6. The van der Waals surface area contributed by atoms with Gasteiger partial charge >= 0.3 is 0 Å².